The van der Waals surface area contributed by atoms with Gasteiger partial charge in [0, 0.05) is 19.2 Å². The molecule has 0 radical (unpaired) electrons. The Morgan fingerprint density at radius 3 is 2.75 bits per heavy atom. The van der Waals surface area contributed by atoms with Gasteiger partial charge < -0.3 is 0 Å². The maximum absolute atomic E-state index is 13.2. The molecule has 108 valence electrons. The minimum atomic E-state index is -0.431. The van der Waals surface area contributed by atoms with Crippen molar-refractivity contribution < 1.29 is 4.39 Å². The smallest absolute Gasteiger partial charge is 0.141 e. The standard InChI is InChI=1S/C14H18ClFN4/c1-3-10-7-11(20(2)19-10)8-14(18-17)9-4-5-13(16)12(15)6-9/h4-7,14,18H,3,8,17H2,1-2H3. The monoisotopic (exact) mass is 296 g/mol. The molecule has 6 heteroatoms. The molecule has 0 fully saturated rings. The highest BCUT2D eigenvalue weighted by molar-refractivity contribution is 6.30. The van der Waals surface area contributed by atoms with Crippen LogP contribution < -0.4 is 11.3 Å². The molecule has 4 nitrogen and oxygen atoms in total. The number of nitrogens with one attached hydrogen (secondary N) is 1. The Bertz CT molecular complexity index is 597. The van der Waals surface area contributed by atoms with E-state index in [4.69, 9.17) is 17.4 Å². The van der Waals surface area contributed by atoms with E-state index in [1.807, 2.05) is 11.7 Å². The topological polar surface area (TPSA) is 55.9 Å². The molecule has 0 spiro atoms. The molecule has 0 amide bonds. The molecule has 2 aromatic rings. The van der Waals surface area contributed by atoms with Crippen molar-refractivity contribution in [3.63, 3.8) is 0 Å². The van der Waals surface area contributed by atoms with E-state index < -0.39 is 5.82 Å². The van der Waals surface area contributed by atoms with Crippen LogP contribution in [0, 0.1) is 5.82 Å². The molecule has 3 N–H and O–H groups in total. The van der Waals surface area contributed by atoms with Crippen LogP contribution in [0.1, 0.15) is 29.9 Å². The van der Waals surface area contributed by atoms with Gasteiger partial charge in [0.1, 0.15) is 5.82 Å². The second-order valence-electron chi connectivity index (χ2n) is 4.70. The summed E-state index contributed by atoms with van der Waals surface area (Å²) in [6.45, 7) is 2.06. The van der Waals surface area contributed by atoms with Crippen LogP contribution in [0.3, 0.4) is 0 Å². The fourth-order valence-electron chi connectivity index (χ4n) is 2.15. The van der Waals surface area contributed by atoms with Crippen molar-refractivity contribution in [3.8, 4) is 0 Å². The number of nitrogens with zero attached hydrogens (tertiary/aromatic N) is 2. The lowest BCUT2D eigenvalue weighted by Crippen LogP contribution is -2.30. The first kappa shape index (κ1) is 15.0. The van der Waals surface area contributed by atoms with Gasteiger partial charge in [-0.2, -0.15) is 5.10 Å². The lowest BCUT2D eigenvalue weighted by Gasteiger charge is -2.16. The first-order valence-electron chi connectivity index (χ1n) is 6.48. The van der Waals surface area contributed by atoms with Gasteiger partial charge in [-0.25, -0.2) is 4.39 Å². The van der Waals surface area contributed by atoms with Crippen molar-refractivity contribution in [1.82, 2.24) is 15.2 Å². The Balaban J connectivity index is 2.23. The summed E-state index contributed by atoms with van der Waals surface area (Å²) in [5.74, 6) is 5.18. The van der Waals surface area contributed by atoms with Gasteiger partial charge in [0.2, 0.25) is 0 Å². The zero-order valence-corrected chi connectivity index (χ0v) is 12.3. The third-order valence-electron chi connectivity index (χ3n) is 3.35. The van der Waals surface area contributed by atoms with E-state index in [0.29, 0.717) is 6.42 Å². The van der Waals surface area contributed by atoms with Crippen LogP contribution in [0.2, 0.25) is 5.02 Å². The molecular weight excluding hydrogens is 279 g/mol. The van der Waals surface area contributed by atoms with E-state index in [-0.39, 0.29) is 11.1 Å². The number of aromatic nitrogens is 2. The van der Waals surface area contributed by atoms with Gasteiger partial charge in [-0.1, -0.05) is 24.6 Å². The number of halogens is 2. The second-order valence-corrected chi connectivity index (χ2v) is 5.11. The maximum atomic E-state index is 13.2. The molecular formula is C14H18ClFN4. The molecule has 1 unspecified atom stereocenters. The Hall–Kier alpha value is -1.43. The highest BCUT2D eigenvalue weighted by Crippen LogP contribution is 2.23. The summed E-state index contributed by atoms with van der Waals surface area (Å²) in [6, 6.07) is 6.53. The van der Waals surface area contributed by atoms with Crippen LogP contribution in [-0.4, -0.2) is 9.78 Å². The van der Waals surface area contributed by atoms with E-state index in [2.05, 4.69) is 23.5 Å². The number of nitrogens with two attached hydrogens (primary N) is 1. The van der Waals surface area contributed by atoms with Crippen molar-refractivity contribution in [2.45, 2.75) is 25.8 Å². The Kier molecular flexibility index (Phi) is 4.75. The Morgan fingerprint density at radius 1 is 1.45 bits per heavy atom. The van der Waals surface area contributed by atoms with Gasteiger partial charge in [0.15, 0.2) is 0 Å². The third kappa shape index (κ3) is 3.17. The Morgan fingerprint density at radius 2 is 2.20 bits per heavy atom. The molecule has 0 aliphatic heterocycles. The van der Waals surface area contributed by atoms with Crippen molar-refractivity contribution >= 4 is 11.6 Å². The quantitative estimate of drug-likeness (QED) is 0.658. The number of rotatable bonds is 5. The minimum Gasteiger partial charge on any atom is -0.272 e. The Labute approximate surface area is 122 Å². The fourth-order valence-corrected chi connectivity index (χ4v) is 2.34. The summed E-state index contributed by atoms with van der Waals surface area (Å²) in [4.78, 5) is 0. The summed E-state index contributed by atoms with van der Waals surface area (Å²) in [5, 5.41) is 4.50. The van der Waals surface area contributed by atoms with E-state index in [0.717, 1.165) is 23.4 Å². The zero-order chi connectivity index (χ0) is 14.7. The SMILES string of the molecule is CCc1cc(CC(NN)c2ccc(F)c(Cl)c2)n(C)n1. The van der Waals surface area contributed by atoms with Crippen molar-refractivity contribution in [2.75, 3.05) is 0 Å². The predicted octanol–water partition coefficient (Wildman–Crippen LogP) is 2.52. The highest BCUT2D eigenvalue weighted by atomic mass is 35.5. The van der Waals surface area contributed by atoms with Crippen LogP contribution in [0.5, 0.6) is 0 Å². The molecule has 0 bridgehead atoms. The average molecular weight is 297 g/mol. The summed E-state index contributed by atoms with van der Waals surface area (Å²) in [6.07, 6.45) is 1.54. The van der Waals surface area contributed by atoms with Crippen LogP contribution in [0.25, 0.3) is 0 Å². The van der Waals surface area contributed by atoms with Gasteiger partial charge >= 0.3 is 0 Å². The zero-order valence-electron chi connectivity index (χ0n) is 11.5. The summed E-state index contributed by atoms with van der Waals surface area (Å²) < 4.78 is 15.1. The predicted molar refractivity (Wildman–Crippen MR) is 77.8 cm³/mol. The number of benzene rings is 1. The molecule has 2 rings (SSSR count). The van der Waals surface area contributed by atoms with Crippen LogP contribution in [-0.2, 0) is 19.9 Å². The van der Waals surface area contributed by atoms with Gasteiger partial charge in [0.05, 0.1) is 16.8 Å². The lowest BCUT2D eigenvalue weighted by molar-refractivity contribution is 0.528. The molecule has 1 aromatic heterocycles. The largest absolute Gasteiger partial charge is 0.272 e. The van der Waals surface area contributed by atoms with Gasteiger partial charge in [0.25, 0.3) is 0 Å². The first-order chi connectivity index (χ1) is 9.55. The van der Waals surface area contributed by atoms with E-state index in [9.17, 15) is 4.39 Å². The van der Waals surface area contributed by atoms with Crippen molar-refractivity contribution in [2.24, 2.45) is 12.9 Å². The highest BCUT2D eigenvalue weighted by Gasteiger charge is 2.15. The maximum Gasteiger partial charge on any atom is 0.141 e. The lowest BCUT2D eigenvalue weighted by atomic mass is 10.0. The van der Waals surface area contributed by atoms with E-state index in [1.165, 1.54) is 6.07 Å². The van der Waals surface area contributed by atoms with Gasteiger partial charge in [-0.3, -0.25) is 16.0 Å². The molecule has 0 saturated carbocycles. The van der Waals surface area contributed by atoms with Crippen LogP contribution in [0.4, 0.5) is 4.39 Å². The second kappa shape index (κ2) is 6.35. The normalized spacial score (nSPS) is 12.7. The van der Waals surface area contributed by atoms with E-state index >= 15 is 0 Å². The van der Waals surface area contributed by atoms with Gasteiger partial charge in [-0.15, -0.1) is 0 Å². The molecule has 1 heterocycles. The number of hydrazine groups is 1. The third-order valence-corrected chi connectivity index (χ3v) is 3.64. The summed E-state index contributed by atoms with van der Waals surface area (Å²) in [5.41, 5.74) is 5.69. The molecule has 0 saturated heterocycles. The molecule has 0 aliphatic carbocycles. The van der Waals surface area contributed by atoms with Crippen molar-refractivity contribution in [3.05, 3.63) is 52.1 Å². The van der Waals surface area contributed by atoms with Crippen LogP contribution in [0.15, 0.2) is 24.3 Å². The average Bonchev–Trinajstić information content (AvgIpc) is 2.80. The first-order valence-corrected chi connectivity index (χ1v) is 6.85. The number of hydrogen-bond donors (Lipinski definition) is 2. The fraction of sp³-hybridized carbons (Fsp3) is 0.357. The minimum absolute atomic E-state index is 0.0991. The summed E-state index contributed by atoms with van der Waals surface area (Å²) in [7, 11) is 1.90. The van der Waals surface area contributed by atoms with Crippen LogP contribution >= 0.6 is 11.6 Å². The molecule has 1 atom stereocenters. The number of hydrogen-bond acceptors (Lipinski definition) is 3. The number of aryl methyl sites for hydroxylation is 2. The van der Waals surface area contributed by atoms with Crippen molar-refractivity contribution in [1.29, 1.82) is 0 Å². The molecule has 1 aromatic carbocycles. The van der Waals surface area contributed by atoms with Gasteiger partial charge in [-0.05, 0) is 30.2 Å². The summed E-state index contributed by atoms with van der Waals surface area (Å²) >= 11 is 5.81. The van der Waals surface area contributed by atoms with E-state index in [1.54, 1.807) is 12.1 Å². The molecule has 20 heavy (non-hydrogen) atoms. The molecule has 0 aliphatic rings.